The van der Waals surface area contributed by atoms with Crippen molar-refractivity contribution >= 4 is 63.4 Å². The van der Waals surface area contributed by atoms with E-state index in [9.17, 15) is 9.59 Å². The van der Waals surface area contributed by atoms with Crippen LogP contribution in [-0.4, -0.2) is 16.5 Å². The van der Waals surface area contributed by atoms with Crippen LogP contribution in [0.2, 0.25) is 0 Å². The molecular formula is C11H7BrN2O2S2. The molecule has 2 N–H and O–H groups in total. The first-order valence-corrected chi connectivity index (χ1v) is 7.26. The summed E-state index contributed by atoms with van der Waals surface area (Å²) in [5.41, 5.74) is 1.89. The van der Waals surface area contributed by atoms with E-state index < -0.39 is 0 Å². The number of carbonyl (C=O) groups excluding carboxylic acids is 2. The molecule has 4 nitrogen and oxygen atoms in total. The maximum Gasteiger partial charge on any atom is 0.260 e. The number of halogens is 1. The Hall–Kier alpha value is -0.920. The summed E-state index contributed by atoms with van der Waals surface area (Å²) in [6.45, 7) is 0. The van der Waals surface area contributed by atoms with Crippen molar-refractivity contribution in [1.29, 1.82) is 0 Å². The van der Waals surface area contributed by atoms with Crippen LogP contribution in [0.15, 0.2) is 27.6 Å². The van der Waals surface area contributed by atoms with Crippen molar-refractivity contribution in [1.82, 2.24) is 5.32 Å². The molecule has 0 aromatic heterocycles. The molecule has 7 heteroatoms. The molecule has 2 aliphatic heterocycles. The summed E-state index contributed by atoms with van der Waals surface area (Å²) < 4.78 is 0.561. The molecule has 1 atom stereocenters. The molecule has 0 aliphatic carbocycles. The summed E-state index contributed by atoms with van der Waals surface area (Å²) >= 11 is 8.79. The molecule has 1 saturated heterocycles. The highest BCUT2D eigenvalue weighted by molar-refractivity contribution is 9.10. The van der Waals surface area contributed by atoms with Gasteiger partial charge in [-0.3, -0.25) is 9.59 Å². The van der Waals surface area contributed by atoms with Gasteiger partial charge in [-0.25, -0.2) is 0 Å². The number of benzene rings is 1. The van der Waals surface area contributed by atoms with E-state index in [1.165, 1.54) is 11.8 Å². The van der Waals surface area contributed by atoms with Crippen LogP contribution >= 0.6 is 40.3 Å². The summed E-state index contributed by atoms with van der Waals surface area (Å²) in [6, 6.07) is 5.48. The quantitative estimate of drug-likeness (QED) is 0.500. The Balaban J connectivity index is 2.20. The molecule has 2 amide bonds. The summed E-state index contributed by atoms with van der Waals surface area (Å²) in [5, 5.41) is 5.40. The van der Waals surface area contributed by atoms with Crippen LogP contribution in [0.25, 0.3) is 5.57 Å². The van der Waals surface area contributed by atoms with Crippen LogP contribution in [0.4, 0.5) is 5.69 Å². The number of rotatable bonds is 0. The molecule has 2 aliphatic rings. The van der Waals surface area contributed by atoms with Crippen LogP contribution < -0.4 is 10.6 Å². The van der Waals surface area contributed by atoms with Crippen LogP contribution in [-0.2, 0) is 9.59 Å². The van der Waals surface area contributed by atoms with E-state index in [-0.39, 0.29) is 16.5 Å². The number of carbonyl (C=O) groups is 2. The fraction of sp³-hybridized carbons (Fsp3) is 0.0909. The Morgan fingerprint density at radius 2 is 2.06 bits per heavy atom. The first kappa shape index (κ1) is 12.1. The average Bonchev–Trinajstić information content (AvgIpc) is 2.77. The standard InChI is InChI=1S/C11H7BrN2O2S2/c12-4-1-2-6-5(3-4)7(9(15)13-6)8-10(16)14-11(17)18-8/h1-3,11,17H,(H,13,15)(H,14,16). The smallest absolute Gasteiger partial charge is 0.260 e. The van der Waals surface area contributed by atoms with E-state index in [4.69, 9.17) is 0 Å². The van der Waals surface area contributed by atoms with Crippen molar-refractivity contribution in [2.45, 2.75) is 4.71 Å². The Bertz CT molecular complexity index is 615. The third kappa shape index (κ3) is 1.86. The number of amides is 2. The number of anilines is 1. The maximum absolute atomic E-state index is 12.0. The molecule has 92 valence electrons. The van der Waals surface area contributed by atoms with Crippen molar-refractivity contribution in [3.05, 3.63) is 33.1 Å². The largest absolute Gasteiger partial charge is 0.331 e. The number of thiol groups is 1. The lowest BCUT2D eigenvalue weighted by atomic mass is 10.1. The monoisotopic (exact) mass is 342 g/mol. The summed E-state index contributed by atoms with van der Waals surface area (Å²) in [6.07, 6.45) is 0. The minimum absolute atomic E-state index is 0.247. The lowest BCUT2D eigenvalue weighted by molar-refractivity contribution is -0.116. The number of hydrogen-bond donors (Lipinski definition) is 3. The normalized spacial score (nSPS) is 26.0. The lowest BCUT2D eigenvalue weighted by Gasteiger charge is -2.01. The highest BCUT2D eigenvalue weighted by Gasteiger charge is 2.35. The van der Waals surface area contributed by atoms with Gasteiger partial charge in [-0.1, -0.05) is 27.7 Å². The zero-order valence-electron chi connectivity index (χ0n) is 8.86. The van der Waals surface area contributed by atoms with Gasteiger partial charge in [0, 0.05) is 15.7 Å². The fourth-order valence-corrected chi connectivity index (χ4v) is 3.58. The van der Waals surface area contributed by atoms with Crippen LogP contribution in [0, 0.1) is 0 Å². The van der Waals surface area contributed by atoms with Gasteiger partial charge in [-0.05, 0) is 18.2 Å². The summed E-state index contributed by atoms with van der Waals surface area (Å²) in [7, 11) is 0. The highest BCUT2D eigenvalue weighted by atomic mass is 79.9. The topological polar surface area (TPSA) is 58.2 Å². The average molecular weight is 343 g/mol. The molecule has 0 spiro atoms. The third-order valence-corrected chi connectivity index (χ3v) is 4.55. The maximum atomic E-state index is 12.0. The summed E-state index contributed by atoms with van der Waals surface area (Å²) in [5.74, 6) is -0.499. The van der Waals surface area contributed by atoms with Crippen LogP contribution in [0.3, 0.4) is 0 Å². The lowest BCUT2D eigenvalue weighted by Crippen LogP contribution is -2.20. The van der Waals surface area contributed by atoms with E-state index in [1.54, 1.807) is 6.07 Å². The minimum Gasteiger partial charge on any atom is -0.331 e. The van der Waals surface area contributed by atoms with Crippen molar-refractivity contribution in [2.24, 2.45) is 0 Å². The Morgan fingerprint density at radius 3 is 2.72 bits per heavy atom. The van der Waals surface area contributed by atoms with Crippen molar-refractivity contribution in [2.75, 3.05) is 5.32 Å². The molecule has 2 heterocycles. The van der Waals surface area contributed by atoms with Gasteiger partial charge in [0.1, 0.15) is 4.71 Å². The van der Waals surface area contributed by atoms with Crippen molar-refractivity contribution < 1.29 is 9.59 Å². The van der Waals surface area contributed by atoms with Gasteiger partial charge >= 0.3 is 0 Å². The van der Waals surface area contributed by atoms with Crippen molar-refractivity contribution in [3.8, 4) is 0 Å². The van der Waals surface area contributed by atoms with Gasteiger partial charge in [0.15, 0.2) is 0 Å². The Kier molecular flexibility index (Phi) is 2.91. The predicted molar refractivity (Wildman–Crippen MR) is 78.2 cm³/mol. The molecule has 1 fully saturated rings. The number of thioether (sulfide) groups is 1. The molecule has 18 heavy (non-hydrogen) atoms. The molecule has 1 aromatic rings. The first-order chi connectivity index (χ1) is 8.56. The molecule has 0 bridgehead atoms. The molecule has 1 aromatic carbocycles. The van der Waals surface area contributed by atoms with E-state index in [2.05, 4.69) is 39.2 Å². The van der Waals surface area contributed by atoms with Gasteiger partial charge in [0.25, 0.3) is 11.8 Å². The molecule has 1 unspecified atom stereocenters. The van der Waals surface area contributed by atoms with Crippen molar-refractivity contribution in [3.63, 3.8) is 0 Å². The SMILES string of the molecule is O=C1NC(S)SC1=C1C(=O)Nc2ccc(Br)cc21. The van der Waals surface area contributed by atoms with Gasteiger partial charge in [-0.15, -0.1) is 12.6 Å². The van der Waals surface area contributed by atoms with E-state index in [1.807, 2.05) is 12.1 Å². The fourth-order valence-electron chi connectivity index (χ4n) is 1.91. The first-order valence-electron chi connectivity index (χ1n) is 5.07. The van der Waals surface area contributed by atoms with Crippen LogP contribution in [0.1, 0.15) is 5.56 Å². The Morgan fingerprint density at radius 1 is 1.28 bits per heavy atom. The predicted octanol–water partition coefficient (Wildman–Crippen LogP) is 2.19. The van der Waals surface area contributed by atoms with E-state index >= 15 is 0 Å². The number of hydrogen-bond acceptors (Lipinski definition) is 4. The molecule has 3 rings (SSSR count). The van der Waals surface area contributed by atoms with E-state index in [0.717, 1.165) is 15.7 Å². The van der Waals surface area contributed by atoms with Gasteiger partial charge in [0.05, 0.1) is 10.5 Å². The van der Waals surface area contributed by atoms with Gasteiger partial charge < -0.3 is 10.6 Å². The zero-order chi connectivity index (χ0) is 12.9. The number of nitrogens with one attached hydrogen (secondary N) is 2. The highest BCUT2D eigenvalue weighted by Crippen LogP contribution is 2.42. The third-order valence-electron chi connectivity index (χ3n) is 2.64. The minimum atomic E-state index is -0.302. The second-order valence-corrected chi connectivity index (χ2v) is 6.69. The van der Waals surface area contributed by atoms with Gasteiger partial charge in [-0.2, -0.15) is 0 Å². The summed E-state index contributed by atoms with van der Waals surface area (Å²) in [4.78, 5) is 24.2. The van der Waals surface area contributed by atoms with Crippen LogP contribution in [0.5, 0.6) is 0 Å². The van der Waals surface area contributed by atoms with E-state index in [0.29, 0.717) is 10.5 Å². The van der Waals surface area contributed by atoms with Gasteiger partial charge in [0.2, 0.25) is 0 Å². The second-order valence-electron chi connectivity index (χ2n) is 3.79. The second kappa shape index (κ2) is 4.32. The zero-order valence-corrected chi connectivity index (χ0v) is 12.2. The number of fused-ring (bicyclic) bond motifs is 1. The molecule has 0 saturated carbocycles. The Labute approximate surface area is 121 Å². The molecule has 0 radical (unpaired) electrons. The molecular weight excluding hydrogens is 336 g/mol.